The van der Waals surface area contributed by atoms with E-state index in [0.717, 1.165) is 49.4 Å². The van der Waals surface area contributed by atoms with Crippen LogP contribution in [0.2, 0.25) is 0 Å². The molecular weight excluding hydrogens is 441 g/mol. The lowest BCUT2D eigenvalue weighted by Gasteiger charge is -2.33. The highest BCUT2D eigenvalue weighted by Gasteiger charge is 2.25. The van der Waals surface area contributed by atoms with Gasteiger partial charge in [0.25, 0.3) is 5.88 Å². The number of carbonyl (C=O) groups is 1. The normalized spacial score (nSPS) is 14.7. The number of para-hydroxylation sites is 1. The lowest BCUT2D eigenvalue weighted by atomic mass is 9.88. The number of fused-ring (bicyclic) bond motifs is 1. The van der Waals surface area contributed by atoms with Crippen molar-refractivity contribution in [3.8, 4) is 17.4 Å². The number of alkyl halides is 1. The number of carbonyl (C=O) groups excluding carboxylic acids is 1. The van der Waals surface area contributed by atoms with Crippen molar-refractivity contribution in [3.05, 3.63) is 47.5 Å². The second kappa shape index (κ2) is 10.5. The summed E-state index contributed by atoms with van der Waals surface area (Å²) in [5.41, 5.74) is 8.41. The summed E-state index contributed by atoms with van der Waals surface area (Å²) in [6.45, 7) is 1.49. The topological polar surface area (TPSA) is 112 Å². The zero-order chi connectivity index (χ0) is 24.1. The van der Waals surface area contributed by atoms with Gasteiger partial charge in [-0.2, -0.15) is 0 Å². The average Bonchev–Trinajstić information content (AvgIpc) is 2.84. The van der Waals surface area contributed by atoms with Gasteiger partial charge in [0, 0.05) is 18.2 Å². The maximum atomic E-state index is 13.0. The molecule has 180 valence electrons. The minimum Gasteiger partial charge on any atom is -0.497 e. The highest BCUT2D eigenvalue weighted by molar-refractivity contribution is 5.90. The minimum atomic E-state index is -1.11. The molecule has 2 amide bonds. The lowest BCUT2D eigenvalue weighted by molar-refractivity contribution is 0.185. The van der Waals surface area contributed by atoms with E-state index in [1.165, 1.54) is 0 Å². The third-order valence-corrected chi connectivity index (χ3v) is 6.02. The fourth-order valence-electron chi connectivity index (χ4n) is 4.40. The number of nitrogens with zero attached hydrogens (tertiary/aromatic N) is 3. The van der Waals surface area contributed by atoms with Crippen LogP contribution in [-0.2, 0) is 6.54 Å². The molecule has 3 aromatic rings. The van der Waals surface area contributed by atoms with Crippen LogP contribution in [0.4, 0.5) is 15.0 Å². The first kappa shape index (κ1) is 23.5. The summed E-state index contributed by atoms with van der Waals surface area (Å²) >= 11 is 0. The first-order valence-electron chi connectivity index (χ1n) is 11.0. The van der Waals surface area contributed by atoms with Crippen LogP contribution in [0.1, 0.15) is 29.9 Å². The Labute approximate surface area is 197 Å². The Hall–Kier alpha value is -3.66. The fraction of sp³-hybridized carbons (Fsp3) is 0.375. The van der Waals surface area contributed by atoms with Gasteiger partial charge in [-0.1, -0.05) is 18.2 Å². The summed E-state index contributed by atoms with van der Waals surface area (Å²) in [6, 6.07) is 10.9. The van der Waals surface area contributed by atoms with Gasteiger partial charge in [0.05, 0.1) is 25.3 Å². The first-order chi connectivity index (χ1) is 16.5. The van der Waals surface area contributed by atoms with Crippen molar-refractivity contribution in [3.63, 3.8) is 0 Å². The number of ether oxygens (including phenoxy) is 3. The smallest absolute Gasteiger partial charge is 0.317 e. The number of halogens is 1. The van der Waals surface area contributed by atoms with E-state index >= 15 is 0 Å². The number of amides is 2. The third kappa shape index (κ3) is 5.12. The maximum Gasteiger partial charge on any atom is 0.317 e. The van der Waals surface area contributed by atoms with E-state index in [1.54, 1.807) is 20.3 Å². The molecule has 0 saturated carbocycles. The Kier molecular flexibility index (Phi) is 7.27. The van der Waals surface area contributed by atoms with Gasteiger partial charge < -0.3 is 19.9 Å². The summed E-state index contributed by atoms with van der Waals surface area (Å²) in [7, 11) is 3.27. The van der Waals surface area contributed by atoms with Crippen LogP contribution >= 0.6 is 0 Å². The molecule has 0 atom stereocenters. The van der Waals surface area contributed by atoms with Crippen molar-refractivity contribution in [2.75, 3.05) is 39.5 Å². The van der Waals surface area contributed by atoms with Crippen molar-refractivity contribution in [2.45, 2.75) is 25.3 Å². The van der Waals surface area contributed by atoms with E-state index in [4.69, 9.17) is 19.9 Å². The molecule has 1 fully saturated rings. The van der Waals surface area contributed by atoms with Crippen molar-refractivity contribution in [2.24, 2.45) is 5.73 Å². The van der Waals surface area contributed by atoms with E-state index < -0.39 is 12.9 Å². The average molecular weight is 470 g/mol. The van der Waals surface area contributed by atoms with Crippen LogP contribution in [0.15, 0.2) is 36.4 Å². The molecule has 1 aliphatic heterocycles. The quantitative estimate of drug-likeness (QED) is 0.516. The van der Waals surface area contributed by atoms with E-state index in [0.29, 0.717) is 16.8 Å². The molecule has 0 radical (unpaired) electrons. The number of primary amides is 1. The monoisotopic (exact) mass is 469 g/mol. The zero-order valence-electron chi connectivity index (χ0n) is 19.2. The Morgan fingerprint density at radius 2 is 1.94 bits per heavy atom. The number of anilines is 1. The molecule has 2 heterocycles. The Morgan fingerprint density at radius 1 is 1.18 bits per heavy atom. The second-order valence-corrected chi connectivity index (χ2v) is 8.07. The number of aromatic nitrogens is 2. The summed E-state index contributed by atoms with van der Waals surface area (Å²) in [4.78, 5) is 22.7. The van der Waals surface area contributed by atoms with Crippen LogP contribution in [0.25, 0.3) is 11.0 Å². The highest BCUT2D eigenvalue weighted by atomic mass is 19.1. The molecule has 1 saturated heterocycles. The number of likely N-dealkylation sites (tertiary alicyclic amines) is 1. The molecule has 2 aromatic carbocycles. The molecule has 0 unspecified atom stereocenters. The van der Waals surface area contributed by atoms with Crippen LogP contribution in [0, 0.1) is 0 Å². The molecule has 34 heavy (non-hydrogen) atoms. The molecule has 3 N–H and O–H groups in total. The molecule has 1 aromatic heterocycles. The summed E-state index contributed by atoms with van der Waals surface area (Å²) < 4.78 is 28.9. The highest BCUT2D eigenvalue weighted by Crippen LogP contribution is 2.37. The fourth-order valence-corrected chi connectivity index (χ4v) is 4.40. The van der Waals surface area contributed by atoms with E-state index in [9.17, 15) is 9.18 Å². The summed E-state index contributed by atoms with van der Waals surface area (Å²) in [6.07, 6.45) is 1.80. The van der Waals surface area contributed by atoms with Gasteiger partial charge in [-0.15, -0.1) is 0 Å². The van der Waals surface area contributed by atoms with Crippen molar-refractivity contribution < 1.29 is 23.4 Å². The number of rotatable bonds is 8. The standard InChI is InChI=1S/C24H28FN5O4/c1-32-17-11-18(21-19(12-17)27-22(29-24(26)31)23(28-21)34-14-25)15-7-9-30(10-8-15)13-16-5-3-4-6-20(16)33-2/h3-6,11-12,15H,7-10,13-14H2,1-2H3,(H3,26,27,29,31). The van der Waals surface area contributed by atoms with Crippen molar-refractivity contribution in [1.29, 1.82) is 0 Å². The third-order valence-electron chi connectivity index (χ3n) is 6.02. The molecule has 0 aliphatic carbocycles. The molecule has 1 aliphatic rings. The molecular formula is C24H28FN5O4. The number of hydrogen-bond donors (Lipinski definition) is 2. The molecule has 0 bridgehead atoms. The number of piperidine rings is 1. The van der Waals surface area contributed by atoms with Crippen LogP contribution in [-0.4, -0.2) is 55.1 Å². The van der Waals surface area contributed by atoms with Crippen LogP contribution in [0.3, 0.4) is 0 Å². The van der Waals surface area contributed by atoms with Crippen LogP contribution in [0.5, 0.6) is 17.4 Å². The number of nitrogens with two attached hydrogens (primary N) is 1. The minimum absolute atomic E-state index is 0.0384. The van der Waals surface area contributed by atoms with Crippen molar-refractivity contribution >= 4 is 22.9 Å². The molecule has 9 nitrogen and oxygen atoms in total. The number of nitrogens with one attached hydrogen (secondary N) is 1. The van der Waals surface area contributed by atoms with E-state index in [-0.39, 0.29) is 17.6 Å². The van der Waals surface area contributed by atoms with Crippen molar-refractivity contribution in [1.82, 2.24) is 14.9 Å². The van der Waals surface area contributed by atoms with Crippen LogP contribution < -0.4 is 25.3 Å². The molecule has 10 heteroatoms. The van der Waals surface area contributed by atoms with Gasteiger partial charge in [-0.25, -0.2) is 19.2 Å². The van der Waals surface area contributed by atoms with Gasteiger partial charge in [0.1, 0.15) is 11.5 Å². The number of hydrogen-bond acceptors (Lipinski definition) is 7. The molecule has 4 rings (SSSR count). The summed E-state index contributed by atoms with van der Waals surface area (Å²) in [5.74, 6) is 1.56. The maximum absolute atomic E-state index is 13.0. The van der Waals surface area contributed by atoms with Gasteiger partial charge in [-0.3, -0.25) is 10.2 Å². The Balaban J connectivity index is 1.60. The lowest BCUT2D eigenvalue weighted by Crippen LogP contribution is -2.32. The number of benzene rings is 2. The van der Waals surface area contributed by atoms with Gasteiger partial charge in [0.2, 0.25) is 6.86 Å². The van der Waals surface area contributed by atoms with Gasteiger partial charge >= 0.3 is 6.03 Å². The number of urea groups is 1. The Bertz CT molecular complexity index is 1170. The largest absolute Gasteiger partial charge is 0.497 e. The Morgan fingerprint density at radius 3 is 2.62 bits per heavy atom. The SMILES string of the molecule is COc1cc(C2CCN(Cc3ccccc3OC)CC2)c2nc(OCF)c(NC(N)=O)nc2c1. The zero-order valence-corrected chi connectivity index (χ0v) is 19.2. The number of methoxy groups -OCH3 is 2. The van der Waals surface area contributed by atoms with E-state index in [1.807, 2.05) is 24.3 Å². The predicted octanol–water partition coefficient (Wildman–Crippen LogP) is 3.82. The summed E-state index contributed by atoms with van der Waals surface area (Å²) in [5, 5.41) is 2.34. The van der Waals surface area contributed by atoms with Gasteiger partial charge in [-0.05, 0) is 49.5 Å². The van der Waals surface area contributed by atoms with Gasteiger partial charge in [0.15, 0.2) is 5.82 Å². The predicted molar refractivity (Wildman–Crippen MR) is 126 cm³/mol. The van der Waals surface area contributed by atoms with E-state index in [2.05, 4.69) is 26.3 Å². The first-order valence-corrected chi connectivity index (χ1v) is 11.0. The second-order valence-electron chi connectivity index (χ2n) is 8.07. The molecule has 0 spiro atoms.